The summed E-state index contributed by atoms with van der Waals surface area (Å²) < 4.78 is 0. The third-order valence-corrected chi connectivity index (χ3v) is 3.59. The molecule has 15 heavy (non-hydrogen) atoms. The second-order valence-electron chi connectivity index (χ2n) is 4.33. The standard InChI is InChI=1S/C12H17ClN2/c1-8(9-4-2-5-9)15-12-10(13)6-3-7-11(12)14/h3,6-9,15H,2,4-5,14H2,1H3. The van der Waals surface area contributed by atoms with Gasteiger partial charge < -0.3 is 11.1 Å². The molecule has 0 amide bonds. The van der Waals surface area contributed by atoms with Gasteiger partial charge in [0.25, 0.3) is 0 Å². The number of benzene rings is 1. The molecule has 3 N–H and O–H groups in total. The van der Waals surface area contributed by atoms with Gasteiger partial charge in [-0.1, -0.05) is 24.1 Å². The summed E-state index contributed by atoms with van der Waals surface area (Å²) in [6, 6.07) is 6.08. The molecule has 0 heterocycles. The van der Waals surface area contributed by atoms with E-state index >= 15 is 0 Å². The molecule has 0 aliphatic heterocycles. The molecule has 0 radical (unpaired) electrons. The van der Waals surface area contributed by atoms with E-state index < -0.39 is 0 Å². The van der Waals surface area contributed by atoms with Crippen molar-refractivity contribution in [2.75, 3.05) is 11.1 Å². The van der Waals surface area contributed by atoms with Gasteiger partial charge in [-0.3, -0.25) is 0 Å². The minimum Gasteiger partial charge on any atom is -0.397 e. The van der Waals surface area contributed by atoms with Crippen LogP contribution >= 0.6 is 11.6 Å². The summed E-state index contributed by atoms with van der Waals surface area (Å²) in [6.07, 6.45) is 3.99. The maximum Gasteiger partial charge on any atom is 0.0765 e. The van der Waals surface area contributed by atoms with Crippen molar-refractivity contribution in [1.82, 2.24) is 0 Å². The van der Waals surface area contributed by atoms with Gasteiger partial charge in [-0.05, 0) is 37.8 Å². The Morgan fingerprint density at radius 3 is 2.73 bits per heavy atom. The minimum absolute atomic E-state index is 0.459. The van der Waals surface area contributed by atoms with Crippen molar-refractivity contribution in [3.8, 4) is 0 Å². The maximum atomic E-state index is 6.10. The number of rotatable bonds is 3. The van der Waals surface area contributed by atoms with Crippen LogP contribution in [0, 0.1) is 5.92 Å². The largest absolute Gasteiger partial charge is 0.397 e. The predicted octanol–water partition coefficient (Wildman–Crippen LogP) is 3.52. The topological polar surface area (TPSA) is 38.0 Å². The quantitative estimate of drug-likeness (QED) is 0.771. The maximum absolute atomic E-state index is 6.10. The van der Waals surface area contributed by atoms with E-state index in [2.05, 4.69) is 12.2 Å². The van der Waals surface area contributed by atoms with Crippen LogP contribution in [0.25, 0.3) is 0 Å². The van der Waals surface area contributed by atoms with Gasteiger partial charge >= 0.3 is 0 Å². The first-order valence-electron chi connectivity index (χ1n) is 5.49. The Morgan fingerprint density at radius 2 is 2.20 bits per heavy atom. The number of para-hydroxylation sites is 1. The van der Waals surface area contributed by atoms with Gasteiger partial charge in [0.2, 0.25) is 0 Å². The molecule has 1 saturated carbocycles. The molecule has 2 nitrogen and oxygen atoms in total. The van der Waals surface area contributed by atoms with Crippen molar-refractivity contribution in [2.24, 2.45) is 5.92 Å². The molecule has 82 valence electrons. The fraction of sp³-hybridized carbons (Fsp3) is 0.500. The van der Waals surface area contributed by atoms with E-state index in [4.69, 9.17) is 17.3 Å². The van der Waals surface area contributed by atoms with Crippen molar-refractivity contribution in [2.45, 2.75) is 32.2 Å². The van der Waals surface area contributed by atoms with Gasteiger partial charge in [-0.25, -0.2) is 0 Å². The number of halogens is 1. The van der Waals surface area contributed by atoms with Gasteiger partial charge in [0.15, 0.2) is 0 Å². The lowest BCUT2D eigenvalue weighted by Crippen LogP contribution is -2.31. The summed E-state index contributed by atoms with van der Waals surface area (Å²) in [5, 5.41) is 4.13. The van der Waals surface area contributed by atoms with E-state index in [1.807, 2.05) is 18.2 Å². The van der Waals surface area contributed by atoms with E-state index in [-0.39, 0.29) is 0 Å². The summed E-state index contributed by atoms with van der Waals surface area (Å²) in [7, 11) is 0. The summed E-state index contributed by atoms with van der Waals surface area (Å²) in [4.78, 5) is 0. The highest BCUT2D eigenvalue weighted by Crippen LogP contribution is 2.34. The second kappa shape index (κ2) is 4.31. The molecule has 1 fully saturated rings. The van der Waals surface area contributed by atoms with Crippen LogP contribution in [0.1, 0.15) is 26.2 Å². The van der Waals surface area contributed by atoms with Crippen molar-refractivity contribution >= 4 is 23.0 Å². The molecule has 1 aliphatic rings. The first kappa shape index (κ1) is 10.6. The van der Waals surface area contributed by atoms with Crippen LogP contribution in [0.5, 0.6) is 0 Å². The Labute approximate surface area is 95.8 Å². The Morgan fingerprint density at radius 1 is 1.47 bits per heavy atom. The van der Waals surface area contributed by atoms with E-state index in [1.54, 1.807) is 0 Å². The Bertz CT molecular complexity index is 327. The van der Waals surface area contributed by atoms with Crippen LogP contribution in [-0.4, -0.2) is 6.04 Å². The van der Waals surface area contributed by atoms with E-state index in [1.165, 1.54) is 19.3 Å². The fourth-order valence-electron chi connectivity index (χ4n) is 1.98. The van der Waals surface area contributed by atoms with Crippen LogP contribution in [-0.2, 0) is 0 Å². The molecule has 1 aromatic carbocycles. The van der Waals surface area contributed by atoms with Crippen molar-refractivity contribution in [3.63, 3.8) is 0 Å². The molecular weight excluding hydrogens is 208 g/mol. The first-order valence-corrected chi connectivity index (χ1v) is 5.87. The highest BCUT2D eigenvalue weighted by atomic mass is 35.5. The molecule has 1 aromatic rings. The number of nitrogen functional groups attached to an aromatic ring is 1. The number of anilines is 2. The monoisotopic (exact) mass is 224 g/mol. The molecular formula is C12H17ClN2. The van der Waals surface area contributed by atoms with Crippen LogP contribution in [0.2, 0.25) is 5.02 Å². The van der Waals surface area contributed by atoms with E-state index in [0.29, 0.717) is 11.1 Å². The van der Waals surface area contributed by atoms with Crippen LogP contribution in [0.4, 0.5) is 11.4 Å². The molecule has 1 atom stereocenters. The van der Waals surface area contributed by atoms with Crippen LogP contribution < -0.4 is 11.1 Å². The van der Waals surface area contributed by atoms with Crippen molar-refractivity contribution in [3.05, 3.63) is 23.2 Å². The summed E-state index contributed by atoms with van der Waals surface area (Å²) in [6.45, 7) is 2.20. The number of hydrogen-bond acceptors (Lipinski definition) is 2. The summed E-state index contributed by atoms with van der Waals surface area (Å²) in [5.41, 5.74) is 7.50. The van der Waals surface area contributed by atoms with E-state index in [0.717, 1.165) is 17.3 Å². The third-order valence-electron chi connectivity index (χ3n) is 3.27. The number of nitrogens with two attached hydrogens (primary N) is 1. The molecule has 3 heteroatoms. The lowest BCUT2D eigenvalue weighted by atomic mass is 9.80. The zero-order valence-electron chi connectivity index (χ0n) is 8.96. The summed E-state index contributed by atoms with van der Waals surface area (Å²) >= 11 is 6.10. The molecule has 0 spiro atoms. The smallest absolute Gasteiger partial charge is 0.0765 e. The molecule has 0 bridgehead atoms. The Kier molecular flexibility index (Phi) is 3.06. The van der Waals surface area contributed by atoms with Crippen molar-refractivity contribution < 1.29 is 0 Å². The Balaban J connectivity index is 2.09. The van der Waals surface area contributed by atoms with Gasteiger partial charge in [0.05, 0.1) is 16.4 Å². The van der Waals surface area contributed by atoms with Gasteiger partial charge in [0, 0.05) is 6.04 Å². The average molecular weight is 225 g/mol. The predicted molar refractivity (Wildman–Crippen MR) is 66.3 cm³/mol. The summed E-state index contributed by atoms with van der Waals surface area (Å²) in [5.74, 6) is 0.778. The van der Waals surface area contributed by atoms with Gasteiger partial charge in [0.1, 0.15) is 0 Å². The number of hydrogen-bond donors (Lipinski definition) is 2. The van der Waals surface area contributed by atoms with Crippen LogP contribution in [0.3, 0.4) is 0 Å². The fourth-order valence-corrected chi connectivity index (χ4v) is 2.21. The SMILES string of the molecule is CC(Nc1c(N)cccc1Cl)C1CCC1. The molecule has 0 aromatic heterocycles. The van der Waals surface area contributed by atoms with Crippen LogP contribution in [0.15, 0.2) is 18.2 Å². The van der Waals surface area contributed by atoms with Crippen molar-refractivity contribution in [1.29, 1.82) is 0 Å². The average Bonchev–Trinajstić information content (AvgIpc) is 2.08. The first-order chi connectivity index (χ1) is 7.18. The third kappa shape index (κ3) is 2.20. The zero-order chi connectivity index (χ0) is 10.8. The lowest BCUT2D eigenvalue weighted by Gasteiger charge is -2.33. The minimum atomic E-state index is 0.459. The normalized spacial score (nSPS) is 18.3. The molecule has 1 aliphatic carbocycles. The highest BCUT2D eigenvalue weighted by molar-refractivity contribution is 6.33. The Hall–Kier alpha value is -0.890. The number of nitrogens with one attached hydrogen (secondary N) is 1. The molecule has 1 unspecified atom stereocenters. The molecule has 2 rings (SSSR count). The second-order valence-corrected chi connectivity index (χ2v) is 4.74. The van der Waals surface area contributed by atoms with E-state index in [9.17, 15) is 0 Å². The van der Waals surface area contributed by atoms with Gasteiger partial charge in [-0.2, -0.15) is 0 Å². The lowest BCUT2D eigenvalue weighted by molar-refractivity contribution is 0.285. The van der Waals surface area contributed by atoms with Gasteiger partial charge in [-0.15, -0.1) is 0 Å². The highest BCUT2D eigenvalue weighted by Gasteiger charge is 2.24. The zero-order valence-corrected chi connectivity index (χ0v) is 9.72. The molecule has 0 saturated heterocycles.